The van der Waals surface area contributed by atoms with Crippen LogP contribution in [0.1, 0.15) is 13.8 Å². The van der Waals surface area contributed by atoms with E-state index in [1.807, 2.05) is 0 Å². The first-order valence-corrected chi connectivity index (χ1v) is 3.12. The van der Waals surface area contributed by atoms with Crippen LogP contribution in [-0.4, -0.2) is 18.2 Å². The maximum atomic E-state index is 10.6. The quantitative estimate of drug-likeness (QED) is 0.562. The molecule has 0 aromatic heterocycles. The minimum atomic E-state index is -1.16. The molecule has 0 aliphatic carbocycles. The Morgan fingerprint density at radius 1 is 1.64 bits per heavy atom. The SMILES string of the molecule is [CH2]OC(=O)C(C#N)OC(C)C. The van der Waals surface area contributed by atoms with E-state index in [1.54, 1.807) is 19.9 Å². The number of nitriles is 1. The second-order valence-corrected chi connectivity index (χ2v) is 2.16. The van der Waals surface area contributed by atoms with Crippen molar-refractivity contribution in [3.63, 3.8) is 0 Å². The normalized spacial score (nSPS) is 12.3. The molecule has 1 radical (unpaired) electrons. The Morgan fingerprint density at radius 2 is 2.18 bits per heavy atom. The molecule has 11 heavy (non-hydrogen) atoms. The Balaban J connectivity index is 3.98. The zero-order chi connectivity index (χ0) is 8.85. The van der Waals surface area contributed by atoms with Crippen LogP contribution in [0, 0.1) is 18.4 Å². The summed E-state index contributed by atoms with van der Waals surface area (Å²) in [7, 11) is 2.88. The van der Waals surface area contributed by atoms with E-state index in [0.29, 0.717) is 0 Å². The van der Waals surface area contributed by atoms with Gasteiger partial charge in [0, 0.05) is 0 Å². The highest BCUT2D eigenvalue weighted by molar-refractivity contribution is 5.77. The molecule has 0 N–H and O–H groups in total. The van der Waals surface area contributed by atoms with Crippen molar-refractivity contribution in [2.75, 3.05) is 0 Å². The largest absolute Gasteiger partial charge is 0.459 e. The molecule has 0 amide bonds. The molecule has 4 heteroatoms. The summed E-state index contributed by atoms with van der Waals surface area (Å²) in [5.74, 6) is -0.763. The van der Waals surface area contributed by atoms with Gasteiger partial charge in [0.15, 0.2) is 0 Å². The number of hydrogen-bond acceptors (Lipinski definition) is 4. The van der Waals surface area contributed by atoms with Gasteiger partial charge < -0.3 is 9.47 Å². The lowest BCUT2D eigenvalue weighted by Crippen LogP contribution is -2.26. The number of ether oxygens (including phenoxy) is 2. The van der Waals surface area contributed by atoms with Crippen LogP contribution in [0.25, 0.3) is 0 Å². The molecule has 0 aromatic rings. The Kier molecular flexibility index (Phi) is 4.23. The van der Waals surface area contributed by atoms with Crippen LogP contribution in [0.3, 0.4) is 0 Å². The maximum absolute atomic E-state index is 10.6. The number of nitrogens with zero attached hydrogens (tertiary/aromatic N) is 1. The molecular weight excluding hydrogens is 146 g/mol. The van der Waals surface area contributed by atoms with Crippen LogP contribution in [-0.2, 0) is 14.3 Å². The van der Waals surface area contributed by atoms with E-state index < -0.39 is 12.1 Å². The van der Waals surface area contributed by atoms with Crippen molar-refractivity contribution in [1.82, 2.24) is 0 Å². The van der Waals surface area contributed by atoms with Crippen molar-refractivity contribution >= 4 is 5.97 Å². The van der Waals surface area contributed by atoms with Crippen molar-refractivity contribution in [1.29, 1.82) is 5.26 Å². The molecule has 1 unspecified atom stereocenters. The monoisotopic (exact) mass is 156 g/mol. The molecule has 0 aliphatic rings. The van der Waals surface area contributed by atoms with Gasteiger partial charge in [-0.15, -0.1) is 0 Å². The van der Waals surface area contributed by atoms with Crippen molar-refractivity contribution < 1.29 is 14.3 Å². The highest BCUT2D eigenvalue weighted by Gasteiger charge is 2.19. The predicted molar refractivity (Wildman–Crippen MR) is 37.1 cm³/mol. The first kappa shape index (κ1) is 9.92. The zero-order valence-electron chi connectivity index (χ0n) is 6.53. The molecule has 0 saturated heterocycles. The van der Waals surface area contributed by atoms with E-state index in [4.69, 9.17) is 10.00 Å². The second kappa shape index (κ2) is 4.69. The van der Waals surface area contributed by atoms with Crippen molar-refractivity contribution in [2.45, 2.75) is 26.1 Å². The number of carbonyl (C=O) groups is 1. The van der Waals surface area contributed by atoms with Crippen LogP contribution < -0.4 is 0 Å². The Labute approximate surface area is 65.7 Å². The average molecular weight is 156 g/mol. The van der Waals surface area contributed by atoms with E-state index in [-0.39, 0.29) is 6.10 Å². The molecule has 0 aliphatic heterocycles. The third-order valence-corrected chi connectivity index (χ3v) is 0.882. The highest BCUT2D eigenvalue weighted by atomic mass is 16.6. The zero-order valence-corrected chi connectivity index (χ0v) is 6.53. The van der Waals surface area contributed by atoms with Crippen molar-refractivity contribution in [3.05, 3.63) is 7.11 Å². The molecule has 0 aromatic carbocycles. The smallest absolute Gasteiger partial charge is 0.350 e. The van der Waals surface area contributed by atoms with Crippen LogP contribution in [0.5, 0.6) is 0 Å². The molecule has 0 bridgehead atoms. The molecule has 1 atom stereocenters. The summed E-state index contributed by atoms with van der Waals surface area (Å²) in [5.41, 5.74) is 0. The van der Waals surface area contributed by atoms with E-state index >= 15 is 0 Å². The fraction of sp³-hybridized carbons (Fsp3) is 0.571. The van der Waals surface area contributed by atoms with Gasteiger partial charge >= 0.3 is 5.97 Å². The summed E-state index contributed by atoms with van der Waals surface area (Å²) in [6.45, 7) is 3.45. The van der Waals surface area contributed by atoms with Crippen LogP contribution in [0.15, 0.2) is 0 Å². The summed E-state index contributed by atoms with van der Waals surface area (Å²) in [6.07, 6.45) is -1.34. The van der Waals surface area contributed by atoms with Crippen molar-refractivity contribution in [2.24, 2.45) is 0 Å². The lowest BCUT2D eigenvalue weighted by Gasteiger charge is -2.10. The summed E-state index contributed by atoms with van der Waals surface area (Å²) in [4.78, 5) is 10.6. The first-order chi connectivity index (χ1) is 5.11. The van der Waals surface area contributed by atoms with Gasteiger partial charge in [-0.05, 0) is 13.8 Å². The third-order valence-electron chi connectivity index (χ3n) is 0.882. The van der Waals surface area contributed by atoms with Gasteiger partial charge in [-0.2, -0.15) is 5.26 Å². The molecule has 61 valence electrons. The number of carbonyl (C=O) groups excluding carboxylic acids is 1. The summed E-state index contributed by atoms with van der Waals surface area (Å²) < 4.78 is 8.94. The van der Waals surface area contributed by atoms with Gasteiger partial charge in [0.2, 0.25) is 6.10 Å². The van der Waals surface area contributed by atoms with Gasteiger partial charge in [-0.3, -0.25) is 0 Å². The molecule has 0 rings (SSSR count). The van der Waals surface area contributed by atoms with Gasteiger partial charge in [-0.25, -0.2) is 4.79 Å². The lowest BCUT2D eigenvalue weighted by molar-refractivity contribution is -0.150. The highest BCUT2D eigenvalue weighted by Crippen LogP contribution is 1.98. The van der Waals surface area contributed by atoms with Crippen LogP contribution in [0.4, 0.5) is 0 Å². The van der Waals surface area contributed by atoms with Gasteiger partial charge in [0.05, 0.1) is 6.10 Å². The minimum absolute atomic E-state index is 0.182. The molecule has 4 nitrogen and oxygen atoms in total. The van der Waals surface area contributed by atoms with Crippen molar-refractivity contribution in [3.8, 4) is 6.07 Å². The lowest BCUT2D eigenvalue weighted by atomic mass is 10.4. The van der Waals surface area contributed by atoms with E-state index in [0.717, 1.165) is 0 Å². The first-order valence-electron chi connectivity index (χ1n) is 3.12. The second-order valence-electron chi connectivity index (χ2n) is 2.16. The predicted octanol–water partition coefficient (Wildman–Crippen LogP) is 0.638. The number of hydrogen-bond donors (Lipinski definition) is 0. The molecule has 0 saturated carbocycles. The average Bonchev–Trinajstić information content (AvgIpc) is 1.98. The summed E-state index contributed by atoms with van der Waals surface area (Å²) in [5, 5.41) is 8.37. The van der Waals surface area contributed by atoms with Gasteiger partial charge in [0.1, 0.15) is 13.2 Å². The van der Waals surface area contributed by atoms with Crippen LogP contribution >= 0.6 is 0 Å². The molecule has 0 fully saturated rings. The maximum Gasteiger partial charge on any atom is 0.350 e. The summed E-state index contributed by atoms with van der Waals surface area (Å²) >= 11 is 0. The fourth-order valence-electron chi connectivity index (χ4n) is 0.487. The minimum Gasteiger partial charge on any atom is -0.459 e. The van der Waals surface area contributed by atoms with E-state index in [1.165, 1.54) is 0 Å². The Morgan fingerprint density at radius 3 is 2.45 bits per heavy atom. The standard InChI is InChI=1S/C7H10NO3/c1-5(2)11-6(4-8)7(9)10-3/h5-6H,3H2,1-2H3. The Hall–Kier alpha value is -1.08. The Bertz CT molecular complexity index is 171. The third kappa shape index (κ3) is 3.58. The topological polar surface area (TPSA) is 59.3 Å². The van der Waals surface area contributed by atoms with E-state index in [2.05, 4.69) is 11.8 Å². The molecule has 0 spiro atoms. The number of esters is 1. The van der Waals surface area contributed by atoms with Crippen LogP contribution in [0.2, 0.25) is 0 Å². The number of rotatable bonds is 3. The summed E-state index contributed by atoms with van der Waals surface area (Å²) in [6, 6.07) is 1.65. The molecular formula is C7H10NO3. The van der Waals surface area contributed by atoms with Gasteiger partial charge in [-0.1, -0.05) is 0 Å². The fourth-order valence-corrected chi connectivity index (χ4v) is 0.487. The van der Waals surface area contributed by atoms with E-state index in [9.17, 15) is 4.79 Å². The van der Waals surface area contributed by atoms with Gasteiger partial charge in [0.25, 0.3) is 0 Å². The molecule has 0 heterocycles.